The molecule has 5 heteroatoms. The lowest BCUT2D eigenvalue weighted by atomic mass is 10.3. The quantitative estimate of drug-likeness (QED) is 0.644. The Bertz CT molecular complexity index is 258. The molecule has 0 saturated heterocycles. The lowest BCUT2D eigenvalue weighted by Crippen LogP contribution is -2.38. The summed E-state index contributed by atoms with van der Waals surface area (Å²) in [6.07, 6.45) is 1.84. The molecule has 0 unspecified atom stereocenters. The summed E-state index contributed by atoms with van der Waals surface area (Å²) in [5.41, 5.74) is 4.50. The van der Waals surface area contributed by atoms with Crippen LogP contribution in [0.4, 0.5) is 4.79 Å². The molecule has 0 fully saturated rings. The minimum absolute atomic E-state index is 0.176. The molecular formula is C10H20N4O. The summed E-state index contributed by atoms with van der Waals surface area (Å²) >= 11 is 0. The topological polar surface area (TPSA) is 65.5 Å². The van der Waals surface area contributed by atoms with Crippen molar-refractivity contribution in [1.82, 2.24) is 16.1 Å². The molecule has 0 atom stereocenters. The van der Waals surface area contributed by atoms with Crippen LogP contribution in [0.3, 0.4) is 0 Å². The fourth-order valence-corrected chi connectivity index (χ4v) is 1.02. The van der Waals surface area contributed by atoms with Crippen LogP contribution in [0.5, 0.6) is 0 Å². The summed E-state index contributed by atoms with van der Waals surface area (Å²) in [5.74, 6) is 0. The van der Waals surface area contributed by atoms with E-state index in [2.05, 4.69) is 21.2 Å². The third-order valence-electron chi connectivity index (χ3n) is 1.52. The number of nitrogens with one attached hydrogen (secondary N) is 3. The van der Waals surface area contributed by atoms with Gasteiger partial charge in [0.25, 0.3) is 0 Å². The standard InChI is InChI=1S/C8H14N4O.C2H6/c1-3-9-8(13)11-7-4-6(2)12-10-5-7;1-2/h4,10H,3,5H2,1-2H3,(H2,9,11,13);1-2H3. The van der Waals surface area contributed by atoms with E-state index in [0.29, 0.717) is 13.1 Å². The SMILES string of the molecule is CC.CCNC(=O)NC1=CC(C)=NNC1. The minimum Gasteiger partial charge on any atom is -0.338 e. The summed E-state index contributed by atoms with van der Waals surface area (Å²) < 4.78 is 0. The van der Waals surface area contributed by atoms with Gasteiger partial charge in [0.05, 0.1) is 12.3 Å². The van der Waals surface area contributed by atoms with E-state index in [-0.39, 0.29) is 6.03 Å². The Morgan fingerprint density at radius 2 is 2.27 bits per heavy atom. The van der Waals surface area contributed by atoms with Gasteiger partial charge in [-0.3, -0.25) is 0 Å². The molecule has 15 heavy (non-hydrogen) atoms. The monoisotopic (exact) mass is 212 g/mol. The number of carbonyl (C=O) groups is 1. The number of rotatable bonds is 2. The second-order valence-corrected chi connectivity index (χ2v) is 2.74. The highest BCUT2D eigenvalue weighted by molar-refractivity contribution is 5.94. The normalized spacial score (nSPS) is 13.6. The Kier molecular flexibility index (Phi) is 7.05. The highest BCUT2D eigenvalue weighted by Crippen LogP contribution is 1.94. The van der Waals surface area contributed by atoms with Gasteiger partial charge >= 0.3 is 6.03 Å². The molecule has 1 rings (SSSR count). The fourth-order valence-electron chi connectivity index (χ4n) is 1.02. The second-order valence-electron chi connectivity index (χ2n) is 2.74. The predicted octanol–water partition coefficient (Wildman–Crippen LogP) is 1.19. The number of allylic oxidation sites excluding steroid dienone is 1. The van der Waals surface area contributed by atoms with Gasteiger partial charge < -0.3 is 16.1 Å². The van der Waals surface area contributed by atoms with Crippen LogP contribution < -0.4 is 16.1 Å². The highest BCUT2D eigenvalue weighted by Gasteiger charge is 2.05. The van der Waals surface area contributed by atoms with Crippen LogP contribution >= 0.6 is 0 Å². The van der Waals surface area contributed by atoms with E-state index in [1.54, 1.807) is 0 Å². The molecule has 0 radical (unpaired) electrons. The summed E-state index contributed by atoms with van der Waals surface area (Å²) in [6.45, 7) is 8.93. The third kappa shape index (κ3) is 5.72. The first kappa shape index (κ1) is 13.5. The molecule has 5 nitrogen and oxygen atoms in total. The van der Waals surface area contributed by atoms with E-state index >= 15 is 0 Å². The summed E-state index contributed by atoms with van der Waals surface area (Å²) in [7, 11) is 0. The Hall–Kier alpha value is -1.52. The number of hydrogen-bond acceptors (Lipinski definition) is 3. The summed E-state index contributed by atoms with van der Waals surface area (Å²) in [5, 5.41) is 9.32. The van der Waals surface area contributed by atoms with E-state index in [9.17, 15) is 4.79 Å². The molecule has 0 spiro atoms. The van der Waals surface area contributed by atoms with Gasteiger partial charge in [-0.25, -0.2) is 4.79 Å². The zero-order valence-corrected chi connectivity index (χ0v) is 9.85. The van der Waals surface area contributed by atoms with Gasteiger partial charge in [0, 0.05) is 12.2 Å². The first-order valence-electron chi connectivity index (χ1n) is 5.25. The smallest absolute Gasteiger partial charge is 0.319 e. The summed E-state index contributed by atoms with van der Waals surface area (Å²) in [6, 6.07) is -0.176. The molecule has 3 N–H and O–H groups in total. The second kappa shape index (κ2) is 7.84. The van der Waals surface area contributed by atoms with Gasteiger partial charge in [-0.15, -0.1) is 0 Å². The van der Waals surface area contributed by atoms with Gasteiger partial charge in [0.1, 0.15) is 0 Å². The number of nitrogens with zero attached hydrogens (tertiary/aromatic N) is 1. The molecule has 1 aliphatic heterocycles. The molecule has 0 saturated carbocycles. The predicted molar refractivity (Wildman–Crippen MR) is 62.8 cm³/mol. The van der Waals surface area contributed by atoms with Crippen LogP contribution in [0.2, 0.25) is 0 Å². The number of hydrogen-bond donors (Lipinski definition) is 3. The van der Waals surface area contributed by atoms with E-state index in [0.717, 1.165) is 11.4 Å². The Morgan fingerprint density at radius 1 is 1.60 bits per heavy atom. The molecule has 86 valence electrons. The molecular weight excluding hydrogens is 192 g/mol. The highest BCUT2D eigenvalue weighted by atomic mass is 16.2. The Labute approximate surface area is 91.0 Å². The largest absolute Gasteiger partial charge is 0.338 e. The van der Waals surface area contributed by atoms with Crippen molar-refractivity contribution in [1.29, 1.82) is 0 Å². The van der Waals surface area contributed by atoms with E-state index in [1.165, 1.54) is 0 Å². The maximum atomic E-state index is 11.1. The van der Waals surface area contributed by atoms with Crippen LogP contribution in [0.25, 0.3) is 0 Å². The lowest BCUT2D eigenvalue weighted by molar-refractivity contribution is 0.243. The van der Waals surface area contributed by atoms with Gasteiger partial charge in [-0.1, -0.05) is 13.8 Å². The van der Waals surface area contributed by atoms with Crippen molar-refractivity contribution in [3.05, 3.63) is 11.8 Å². The molecule has 0 bridgehead atoms. The van der Waals surface area contributed by atoms with Crippen LogP contribution in [-0.4, -0.2) is 24.8 Å². The Balaban J connectivity index is 0.000000921. The maximum Gasteiger partial charge on any atom is 0.319 e. The van der Waals surface area contributed by atoms with E-state index in [1.807, 2.05) is 33.8 Å². The van der Waals surface area contributed by atoms with Crippen molar-refractivity contribution in [3.8, 4) is 0 Å². The van der Waals surface area contributed by atoms with E-state index in [4.69, 9.17) is 0 Å². The maximum absolute atomic E-state index is 11.1. The first-order chi connectivity index (χ1) is 7.22. The number of carbonyl (C=O) groups excluding carboxylic acids is 1. The van der Waals surface area contributed by atoms with Crippen LogP contribution in [0.15, 0.2) is 16.9 Å². The molecule has 0 aromatic heterocycles. The van der Waals surface area contributed by atoms with Crippen LogP contribution in [0.1, 0.15) is 27.7 Å². The lowest BCUT2D eigenvalue weighted by Gasteiger charge is -2.13. The molecule has 2 amide bonds. The summed E-state index contributed by atoms with van der Waals surface area (Å²) in [4.78, 5) is 11.1. The number of urea groups is 1. The number of hydrazone groups is 1. The Morgan fingerprint density at radius 3 is 2.80 bits per heavy atom. The van der Waals surface area contributed by atoms with Crippen molar-refractivity contribution in [2.45, 2.75) is 27.7 Å². The molecule has 0 aromatic rings. The third-order valence-corrected chi connectivity index (χ3v) is 1.52. The van der Waals surface area contributed by atoms with Gasteiger partial charge in [-0.2, -0.15) is 5.10 Å². The van der Waals surface area contributed by atoms with Crippen LogP contribution in [0, 0.1) is 0 Å². The molecule has 0 aromatic carbocycles. The zero-order chi connectivity index (χ0) is 11.7. The first-order valence-corrected chi connectivity index (χ1v) is 5.25. The zero-order valence-electron chi connectivity index (χ0n) is 9.85. The molecule has 1 aliphatic rings. The van der Waals surface area contributed by atoms with Crippen molar-refractivity contribution >= 4 is 11.7 Å². The van der Waals surface area contributed by atoms with Gasteiger partial charge in [0.15, 0.2) is 0 Å². The van der Waals surface area contributed by atoms with Crippen molar-refractivity contribution in [2.24, 2.45) is 5.10 Å². The van der Waals surface area contributed by atoms with E-state index < -0.39 is 0 Å². The van der Waals surface area contributed by atoms with Crippen molar-refractivity contribution in [3.63, 3.8) is 0 Å². The minimum atomic E-state index is -0.176. The number of amides is 2. The van der Waals surface area contributed by atoms with Crippen molar-refractivity contribution < 1.29 is 4.79 Å². The van der Waals surface area contributed by atoms with Crippen molar-refractivity contribution in [2.75, 3.05) is 13.1 Å². The molecule has 0 aliphatic carbocycles. The molecule has 1 heterocycles. The average molecular weight is 212 g/mol. The van der Waals surface area contributed by atoms with Gasteiger partial charge in [0.2, 0.25) is 0 Å². The fraction of sp³-hybridized carbons (Fsp3) is 0.600. The average Bonchev–Trinajstić information content (AvgIpc) is 2.21. The van der Waals surface area contributed by atoms with Crippen LogP contribution in [-0.2, 0) is 0 Å². The van der Waals surface area contributed by atoms with Gasteiger partial charge in [-0.05, 0) is 19.9 Å².